The fraction of sp³-hybridized carbons (Fsp3) is 0.455. The van der Waals surface area contributed by atoms with Gasteiger partial charge in [-0.2, -0.15) is 0 Å². The SMILES string of the molecule is CC(CNCc1ccc(Cl)cc1Cl)S(C)=O. The molecule has 2 unspecified atom stereocenters. The van der Waals surface area contributed by atoms with Crippen LogP contribution in [-0.2, 0) is 17.3 Å². The molecular formula is C11H15Cl2NOS. The van der Waals surface area contributed by atoms with E-state index in [4.69, 9.17) is 23.2 Å². The molecule has 1 aromatic carbocycles. The molecule has 1 aromatic rings. The van der Waals surface area contributed by atoms with E-state index in [0.29, 0.717) is 23.1 Å². The van der Waals surface area contributed by atoms with Crippen molar-refractivity contribution >= 4 is 34.0 Å². The van der Waals surface area contributed by atoms with Crippen LogP contribution in [0, 0.1) is 0 Å². The summed E-state index contributed by atoms with van der Waals surface area (Å²) in [5, 5.41) is 4.66. The Balaban J connectivity index is 2.46. The first-order chi connectivity index (χ1) is 7.50. The lowest BCUT2D eigenvalue weighted by molar-refractivity contribution is 0.647. The first kappa shape index (κ1) is 14.0. The highest BCUT2D eigenvalue weighted by atomic mass is 35.5. The average molecular weight is 280 g/mol. The van der Waals surface area contributed by atoms with Gasteiger partial charge in [0.1, 0.15) is 0 Å². The highest BCUT2D eigenvalue weighted by Crippen LogP contribution is 2.20. The van der Waals surface area contributed by atoms with Crippen molar-refractivity contribution in [1.82, 2.24) is 5.32 Å². The topological polar surface area (TPSA) is 29.1 Å². The highest BCUT2D eigenvalue weighted by Gasteiger charge is 2.06. The van der Waals surface area contributed by atoms with E-state index in [0.717, 1.165) is 5.56 Å². The van der Waals surface area contributed by atoms with E-state index in [9.17, 15) is 4.21 Å². The smallest absolute Gasteiger partial charge is 0.0465 e. The minimum Gasteiger partial charge on any atom is -0.311 e. The number of benzene rings is 1. The molecule has 0 aliphatic carbocycles. The summed E-state index contributed by atoms with van der Waals surface area (Å²) in [5.41, 5.74) is 1.00. The van der Waals surface area contributed by atoms with Crippen molar-refractivity contribution in [2.45, 2.75) is 18.7 Å². The fourth-order valence-electron chi connectivity index (χ4n) is 1.19. The summed E-state index contributed by atoms with van der Waals surface area (Å²) in [6.45, 7) is 3.33. The largest absolute Gasteiger partial charge is 0.311 e. The Morgan fingerprint density at radius 3 is 2.69 bits per heavy atom. The van der Waals surface area contributed by atoms with Crippen molar-refractivity contribution in [3.63, 3.8) is 0 Å². The number of rotatable bonds is 5. The quantitative estimate of drug-likeness (QED) is 0.898. The molecule has 0 bridgehead atoms. The second-order valence-corrected chi connectivity index (χ2v) is 6.32. The molecule has 0 fully saturated rings. The molecule has 0 radical (unpaired) electrons. The number of halogens is 2. The lowest BCUT2D eigenvalue weighted by Gasteiger charge is -2.10. The molecule has 1 rings (SSSR count). The second-order valence-electron chi connectivity index (χ2n) is 3.68. The summed E-state index contributed by atoms with van der Waals surface area (Å²) < 4.78 is 11.1. The molecule has 2 atom stereocenters. The van der Waals surface area contributed by atoms with Crippen LogP contribution in [0.25, 0.3) is 0 Å². The predicted molar refractivity (Wildman–Crippen MR) is 71.7 cm³/mol. The molecule has 0 aromatic heterocycles. The molecule has 5 heteroatoms. The van der Waals surface area contributed by atoms with Gasteiger partial charge in [0.2, 0.25) is 0 Å². The first-order valence-electron chi connectivity index (χ1n) is 4.97. The van der Waals surface area contributed by atoms with Crippen LogP contribution in [0.4, 0.5) is 0 Å². The standard InChI is InChI=1S/C11H15Cl2NOS/c1-8(16(2)15)6-14-7-9-3-4-10(12)5-11(9)13/h3-5,8,14H,6-7H2,1-2H3. The van der Waals surface area contributed by atoms with E-state index in [1.807, 2.05) is 19.1 Å². The van der Waals surface area contributed by atoms with Crippen molar-refractivity contribution < 1.29 is 4.21 Å². The monoisotopic (exact) mass is 279 g/mol. The molecule has 2 nitrogen and oxygen atoms in total. The molecule has 0 aliphatic rings. The van der Waals surface area contributed by atoms with Gasteiger partial charge in [0, 0.05) is 45.4 Å². The molecule has 90 valence electrons. The molecule has 0 heterocycles. The van der Waals surface area contributed by atoms with Crippen molar-refractivity contribution in [2.75, 3.05) is 12.8 Å². The third-order valence-electron chi connectivity index (χ3n) is 2.33. The molecule has 0 aliphatic heterocycles. The van der Waals surface area contributed by atoms with E-state index in [1.54, 1.807) is 12.3 Å². The second kappa shape index (κ2) is 6.60. The molecule has 16 heavy (non-hydrogen) atoms. The van der Waals surface area contributed by atoms with Crippen molar-refractivity contribution in [3.8, 4) is 0 Å². The van der Waals surface area contributed by atoms with Crippen LogP contribution in [0.15, 0.2) is 18.2 Å². The zero-order chi connectivity index (χ0) is 12.1. The summed E-state index contributed by atoms with van der Waals surface area (Å²) in [6, 6.07) is 5.43. The fourth-order valence-corrected chi connectivity index (χ4v) is 2.02. The maximum absolute atomic E-state index is 11.1. The average Bonchev–Trinajstić information content (AvgIpc) is 2.20. The van der Waals surface area contributed by atoms with E-state index >= 15 is 0 Å². The van der Waals surface area contributed by atoms with E-state index < -0.39 is 10.8 Å². The van der Waals surface area contributed by atoms with Crippen LogP contribution < -0.4 is 5.32 Å². The summed E-state index contributed by atoms with van der Waals surface area (Å²) in [5.74, 6) is 0. The summed E-state index contributed by atoms with van der Waals surface area (Å²) >= 11 is 11.8. The van der Waals surface area contributed by atoms with Gasteiger partial charge in [-0.3, -0.25) is 4.21 Å². The summed E-state index contributed by atoms with van der Waals surface area (Å²) in [4.78, 5) is 0. The van der Waals surface area contributed by atoms with Crippen LogP contribution in [0.3, 0.4) is 0 Å². The van der Waals surface area contributed by atoms with Gasteiger partial charge in [-0.05, 0) is 24.6 Å². The molecule has 0 saturated heterocycles. The van der Waals surface area contributed by atoms with Crippen LogP contribution >= 0.6 is 23.2 Å². The van der Waals surface area contributed by atoms with Gasteiger partial charge in [-0.15, -0.1) is 0 Å². The minimum absolute atomic E-state index is 0.145. The summed E-state index contributed by atoms with van der Waals surface area (Å²) in [7, 11) is -0.794. The molecule has 0 saturated carbocycles. The molecule has 1 N–H and O–H groups in total. The van der Waals surface area contributed by atoms with Crippen molar-refractivity contribution in [2.24, 2.45) is 0 Å². The van der Waals surface area contributed by atoms with Gasteiger partial charge in [-0.25, -0.2) is 0 Å². The minimum atomic E-state index is -0.794. The third kappa shape index (κ3) is 4.42. The highest BCUT2D eigenvalue weighted by molar-refractivity contribution is 7.84. The molecular weight excluding hydrogens is 265 g/mol. The first-order valence-corrected chi connectivity index (χ1v) is 7.35. The van der Waals surface area contributed by atoms with Crippen LogP contribution in [0.1, 0.15) is 12.5 Å². The maximum atomic E-state index is 11.1. The van der Waals surface area contributed by atoms with Gasteiger partial charge in [-0.1, -0.05) is 29.3 Å². The van der Waals surface area contributed by atoms with Gasteiger partial charge >= 0.3 is 0 Å². The van der Waals surface area contributed by atoms with Crippen LogP contribution in [0.2, 0.25) is 10.0 Å². The van der Waals surface area contributed by atoms with Crippen LogP contribution in [-0.4, -0.2) is 22.3 Å². The van der Waals surface area contributed by atoms with Gasteiger partial charge < -0.3 is 5.32 Å². The van der Waals surface area contributed by atoms with Crippen molar-refractivity contribution in [1.29, 1.82) is 0 Å². The number of hydrogen-bond donors (Lipinski definition) is 1. The normalized spacial score (nSPS) is 14.8. The van der Waals surface area contributed by atoms with Gasteiger partial charge in [0.25, 0.3) is 0 Å². The zero-order valence-corrected chi connectivity index (χ0v) is 11.6. The Labute approximate surface area is 109 Å². The van der Waals surface area contributed by atoms with Crippen LogP contribution in [0.5, 0.6) is 0 Å². The Hall–Kier alpha value is -0.0900. The van der Waals surface area contributed by atoms with E-state index in [1.165, 1.54) is 0 Å². The lowest BCUT2D eigenvalue weighted by Crippen LogP contribution is -2.27. The van der Waals surface area contributed by atoms with Gasteiger partial charge in [0.05, 0.1) is 0 Å². The zero-order valence-electron chi connectivity index (χ0n) is 9.30. The van der Waals surface area contributed by atoms with E-state index in [2.05, 4.69) is 5.32 Å². The lowest BCUT2D eigenvalue weighted by atomic mass is 10.2. The van der Waals surface area contributed by atoms with E-state index in [-0.39, 0.29) is 5.25 Å². The Kier molecular flexibility index (Phi) is 5.76. The maximum Gasteiger partial charge on any atom is 0.0465 e. The third-order valence-corrected chi connectivity index (χ3v) is 4.22. The Morgan fingerprint density at radius 2 is 2.12 bits per heavy atom. The number of nitrogens with one attached hydrogen (secondary N) is 1. The molecule has 0 spiro atoms. The number of hydrogen-bond acceptors (Lipinski definition) is 2. The Bertz CT molecular complexity index is 384. The predicted octanol–water partition coefficient (Wildman–Crippen LogP) is 2.85. The Morgan fingerprint density at radius 1 is 1.44 bits per heavy atom. The summed E-state index contributed by atoms with van der Waals surface area (Å²) in [6.07, 6.45) is 1.71. The molecule has 0 amide bonds. The van der Waals surface area contributed by atoms with Crippen molar-refractivity contribution in [3.05, 3.63) is 33.8 Å². The van der Waals surface area contributed by atoms with Gasteiger partial charge in [0.15, 0.2) is 0 Å².